The minimum atomic E-state index is -1.92. The standard InChI is InChI=1S/C51H75N3O10/c1-5-7-29-9-12-31-36(13-10-29)64-43-39(31)33(56)8-6-16-51(43,63)45(4,60)37-15-17-50(62)42-40(54-24-28(2)55)41(59)32-22-34(57)35(58)23-47(32)27-46(30-11-14-38(52)53-25-30)18-20-48(61,26-44(37,50)3)49(42,47)21-19-46/h11,14,18-21,25,28-29,31-39,43,53-58,60-63H,5-10,12-13,15-17,22-24,26-27,52H2,1-4H3. The molecule has 20 atom stereocenters. The number of hydrogen-bond donors (Lipinski definition) is 11. The Kier molecular flexibility index (Phi) is 10.7. The fraction of sp³-hybridized carbons (Fsp3) is 0.784. The average Bonchev–Trinajstić information content (AvgIpc) is 3.52. The number of aliphatic hydroxyl groups is 8. The highest BCUT2D eigenvalue weighted by Gasteiger charge is 2.83. The van der Waals surface area contributed by atoms with Crippen LogP contribution in [-0.4, -0.2) is 118 Å². The number of allylic oxidation sites excluding steroid dienone is 5. The number of ketones is 1. The van der Waals surface area contributed by atoms with E-state index in [4.69, 9.17) is 10.5 Å². The molecule has 6 fully saturated rings. The van der Waals surface area contributed by atoms with Crippen LogP contribution in [0.5, 0.6) is 0 Å². The van der Waals surface area contributed by atoms with Crippen LogP contribution in [0.25, 0.3) is 0 Å². The largest absolute Gasteiger partial charge is 0.393 e. The van der Waals surface area contributed by atoms with Gasteiger partial charge in [-0.25, -0.2) is 0 Å². The van der Waals surface area contributed by atoms with Crippen LogP contribution in [0.3, 0.4) is 0 Å². The van der Waals surface area contributed by atoms with Crippen molar-refractivity contribution in [2.45, 2.75) is 189 Å². The Morgan fingerprint density at radius 1 is 0.984 bits per heavy atom. The van der Waals surface area contributed by atoms with Crippen LogP contribution in [0.1, 0.15) is 124 Å². The van der Waals surface area contributed by atoms with Crippen molar-refractivity contribution in [1.29, 1.82) is 0 Å². The van der Waals surface area contributed by atoms with Gasteiger partial charge in [0.05, 0.1) is 70.7 Å². The van der Waals surface area contributed by atoms with E-state index in [1.807, 2.05) is 43.5 Å². The van der Waals surface area contributed by atoms with Gasteiger partial charge in [0.1, 0.15) is 5.60 Å². The summed E-state index contributed by atoms with van der Waals surface area (Å²) >= 11 is 0. The first-order valence-electron chi connectivity index (χ1n) is 24.8. The summed E-state index contributed by atoms with van der Waals surface area (Å²) < 4.78 is 6.99. The zero-order chi connectivity index (χ0) is 45.6. The number of fused-ring (bicyclic) bond motifs is 5. The maximum atomic E-state index is 15.6. The summed E-state index contributed by atoms with van der Waals surface area (Å²) in [7, 11) is 0. The summed E-state index contributed by atoms with van der Waals surface area (Å²) in [5.41, 5.74) is -5.02. The maximum Gasteiger partial charge on any atom is 0.182 e. The number of carbonyl (C=O) groups excluding carboxylic acids is 1. The Hall–Kier alpha value is -2.43. The highest BCUT2D eigenvalue weighted by molar-refractivity contribution is 6.01. The van der Waals surface area contributed by atoms with E-state index < -0.39 is 92.6 Å². The van der Waals surface area contributed by atoms with Crippen molar-refractivity contribution >= 4 is 5.78 Å². The van der Waals surface area contributed by atoms with Gasteiger partial charge in [-0.05, 0) is 120 Å². The average molecular weight is 890 g/mol. The lowest BCUT2D eigenvalue weighted by Crippen LogP contribution is -2.77. The molecule has 13 nitrogen and oxygen atoms in total. The predicted octanol–water partition coefficient (Wildman–Crippen LogP) is 3.04. The number of aliphatic hydroxyl groups excluding tert-OH is 4. The van der Waals surface area contributed by atoms with E-state index >= 15 is 4.79 Å². The van der Waals surface area contributed by atoms with Crippen molar-refractivity contribution < 1.29 is 50.4 Å². The Labute approximate surface area is 378 Å². The molecule has 354 valence electrons. The number of dihydropyridines is 1. The van der Waals surface area contributed by atoms with Gasteiger partial charge >= 0.3 is 0 Å². The van der Waals surface area contributed by atoms with Gasteiger partial charge in [0.2, 0.25) is 0 Å². The first-order valence-corrected chi connectivity index (χ1v) is 24.8. The Morgan fingerprint density at radius 3 is 2.45 bits per heavy atom. The highest BCUT2D eigenvalue weighted by Crippen LogP contribution is 2.81. The molecule has 2 bridgehead atoms. The van der Waals surface area contributed by atoms with Gasteiger partial charge in [-0.2, -0.15) is 0 Å². The lowest BCUT2D eigenvalue weighted by molar-refractivity contribution is -0.270. The molecule has 2 aliphatic heterocycles. The third-order valence-corrected chi connectivity index (χ3v) is 20.0. The summed E-state index contributed by atoms with van der Waals surface area (Å²) in [6.45, 7) is 7.33. The molecule has 11 rings (SSSR count). The molecule has 64 heavy (non-hydrogen) atoms. The molecule has 11 aliphatic rings. The summed E-state index contributed by atoms with van der Waals surface area (Å²) in [4.78, 5) is 15.6. The van der Waals surface area contributed by atoms with E-state index in [0.29, 0.717) is 18.8 Å². The van der Waals surface area contributed by atoms with Gasteiger partial charge in [0.15, 0.2) is 5.78 Å². The number of Topliss-reactive ketones (excluding diaryl/α,β-unsaturated/α-hetero) is 1. The number of hydrogen-bond acceptors (Lipinski definition) is 13. The SMILES string of the molecule is CCCC1CCC2OC3C(C(O)CCCC3(O)C(C)(O)C3CCC4(O)C5=C(NCC(C)O)C(=O)C6CC(O)C(O)CC67CC6(C8=CNC(N)C=C8)C=CC(O)(CC34C)C57C=C6)C2CC1. The van der Waals surface area contributed by atoms with E-state index in [1.165, 1.54) is 0 Å². The monoisotopic (exact) mass is 890 g/mol. The second-order valence-corrected chi connectivity index (χ2v) is 23.1. The number of nitrogens with two attached hydrogens (primary N) is 1. The quantitative estimate of drug-likeness (QED) is 0.158. The third kappa shape index (κ3) is 5.81. The van der Waals surface area contributed by atoms with Crippen LogP contribution in [0.4, 0.5) is 0 Å². The van der Waals surface area contributed by atoms with Crippen LogP contribution in [0.15, 0.2) is 59.5 Å². The van der Waals surface area contributed by atoms with Crippen LogP contribution >= 0.6 is 0 Å². The molecule has 1 saturated heterocycles. The van der Waals surface area contributed by atoms with Crippen molar-refractivity contribution in [3.05, 3.63) is 59.5 Å². The maximum absolute atomic E-state index is 15.6. The van der Waals surface area contributed by atoms with Crippen molar-refractivity contribution in [2.24, 2.45) is 57.0 Å². The Morgan fingerprint density at radius 2 is 1.73 bits per heavy atom. The third-order valence-electron chi connectivity index (χ3n) is 20.0. The fourth-order valence-electron chi connectivity index (χ4n) is 17.1. The molecule has 0 aromatic heterocycles. The molecule has 13 heteroatoms. The molecule has 0 amide bonds. The van der Waals surface area contributed by atoms with E-state index in [1.54, 1.807) is 13.8 Å². The molecule has 9 aliphatic carbocycles. The second-order valence-electron chi connectivity index (χ2n) is 23.1. The van der Waals surface area contributed by atoms with Gasteiger partial charge in [-0.3, -0.25) is 4.79 Å². The summed E-state index contributed by atoms with van der Waals surface area (Å²) in [6, 6.07) is 0. The molecule has 12 N–H and O–H groups in total. The van der Waals surface area contributed by atoms with Crippen molar-refractivity contribution in [1.82, 2.24) is 10.6 Å². The summed E-state index contributed by atoms with van der Waals surface area (Å²) in [6.07, 6.45) is 15.6. The van der Waals surface area contributed by atoms with Crippen molar-refractivity contribution in [2.75, 3.05) is 6.54 Å². The van der Waals surface area contributed by atoms with Crippen molar-refractivity contribution in [3.63, 3.8) is 0 Å². The Balaban J connectivity index is 1.14. The zero-order valence-electron chi connectivity index (χ0n) is 38.3. The molecule has 0 aromatic carbocycles. The minimum Gasteiger partial charge on any atom is -0.393 e. The molecular weight excluding hydrogens is 815 g/mol. The first-order chi connectivity index (χ1) is 30.2. The molecule has 2 heterocycles. The number of carbonyl (C=O) groups is 1. The van der Waals surface area contributed by atoms with E-state index in [0.717, 1.165) is 44.1 Å². The zero-order valence-corrected chi connectivity index (χ0v) is 38.3. The fourth-order valence-corrected chi connectivity index (χ4v) is 17.1. The topological polar surface area (TPSA) is 238 Å². The van der Waals surface area contributed by atoms with Gasteiger partial charge in [-0.1, -0.05) is 63.5 Å². The lowest BCUT2D eigenvalue weighted by atomic mass is 9.32. The smallest absolute Gasteiger partial charge is 0.182 e. The van der Waals surface area contributed by atoms with Crippen LogP contribution in [0.2, 0.25) is 0 Å². The summed E-state index contributed by atoms with van der Waals surface area (Å²) in [5.74, 6) is -1.84. The van der Waals surface area contributed by atoms with Crippen LogP contribution in [0, 0.1) is 51.2 Å². The van der Waals surface area contributed by atoms with Gasteiger partial charge in [-0.15, -0.1) is 0 Å². The molecule has 2 spiro atoms. The van der Waals surface area contributed by atoms with E-state index in [9.17, 15) is 40.9 Å². The first kappa shape index (κ1) is 45.4. The second kappa shape index (κ2) is 15.0. The highest BCUT2D eigenvalue weighted by atomic mass is 16.5. The summed E-state index contributed by atoms with van der Waals surface area (Å²) in [5, 5.41) is 108. The normalized spacial score (nSPS) is 52.7. The number of ether oxygens (including phenoxy) is 1. The predicted molar refractivity (Wildman–Crippen MR) is 238 cm³/mol. The Bertz CT molecular complexity index is 2070. The number of rotatable bonds is 8. The number of nitrogens with one attached hydrogen (secondary N) is 2. The lowest BCUT2D eigenvalue weighted by Gasteiger charge is -2.72. The van der Waals surface area contributed by atoms with Gasteiger partial charge in [0.25, 0.3) is 0 Å². The van der Waals surface area contributed by atoms with Gasteiger partial charge in [0, 0.05) is 46.4 Å². The van der Waals surface area contributed by atoms with Gasteiger partial charge < -0.3 is 62.0 Å². The molecule has 5 saturated carbocycles. The van der Waals surface area contributed by atoms with Crippen LogP contribution < -0.4 is 16.4 Å². The van der Waals surface area contributed by atoms with Crippen LogP contribution in [-0.2, 0) is 9.53 Å². The van der Waals surface area contributed by atoms with E-state index in [-0.39, 0.29) is 86.5 Å². The molecule has 0 aromatic rings. The molecule has 0 radical (unpaired) electrons. The molecular formula is C51H75N3O10. The molecule has 20 unspecified atom stereocenters. The minimum absolute atomic E-state index is 0.0320. The van der Waals surface area contributed by atoms with Crippen molar-refractivity contribution in [3.8, 4) is 0 Å². The van der Waals surface area contributed by atoms with E-state index in [2.05, 4.69) is 23.6 Å².